The lowest BCUT2D eigenvalue weighted by molar-refractivity contribution is -0.121. The summed E-state index contributed by atoms with van der Waals surface area (Å²) < 4.78 is 22.8. The summed E-state index contributed by atoms with van der Waals surface area (Å²) in [5, 5.41) is 5.93. The number of amides is 1. The molecule has 100 valence electrons. The van der Waals surface area contributed by atoms with Crippen LogP contribution in [-0.2, 0) is 14.6 Å². The fourth-order valence-corrected chi connectivity index (χ4v) is 3.88. The number of rotatable bonds is 5. The van der Waals surface area contributed by atoms with Gasteiger partial charge in [-0.1, -0.05) is 0 Å². The van der Waals surface area contributed by atoms with Crippen LogP contribution in [0.5, 0.6) is 0 Å². The molecule has 2 unspecified atom stereocenters. The lowest BCUT2D eigenvalue weighted by atomic mass is 10.2. The Labute approximate surface area is 107 Å². The molecule has 0 aromatic rings. The van der Waals surface area contributed by atoms with Crippen LogP contribution in [0.3, 0.4) is 0 Å². The molecule has 0 aromatic heterocycles. The van der Waals surface area contributed by atoms with Gasteiger partial charge in [0, 0.05) is 30.8 Å². The molecule has 1 aliphatic heterocycles. The van der Waals surface area contributed by atoms with E-state index in [0.717, 1.165) is 5.75 Å². The molecular weight excluding hydrogens is 260 g/mol. The molecule has 1 amide bonds. The van der Waals surface area contributed by atoms with E-state index >= 15 is 0 Å². The molecule has 2 N–H and O–H groups in total. The van der Waals surface area contributed by atoms with Crippen LogP contribution in [0.4, 0.5) is 0 Å². The number of carbonyl (C=O) groups is 1. The van der Waals surface area contributed by atoms with E-state index < -0.39 is 9.84 Å². The van der Waals surface area contributed by atoms with Crippen molar-refractivity contribution in [3.8, 4) is 0 Å². The summed E-state index contributed by atoms with van der Waals surface area (Å²) >= 11 is 1.67. The molecule has 1 aliphatic rings. The summed E-state index contributed by atoms with van der Waals surface area (Å²) in [4.78, 5) is 11.7. The summed E-state index contributed by atoms with van der Waals surface area (Å²) in [6.07, 6.45) is 2.22. The van der Waals surface area contributed by atoms with Crippen molar-refractivity contribution in [1.82, 2.24) is 10.6 Å². The van der Waals surface area contributed by atoms with Crippen LogP contribution in [0.15, 0.2) is 0 Å². The Morgan fingerprint density at radius 2 is 2.29 bits per heavy atom. The maximum absolute atomic E-state index is 11.7. The fraction of sp³-hybridized carbons (Fsp3) is 0.900. The molecule has 0 aromatic carbocycles. The van der Waals surface area contributed by atoms with Crippen molar-refractivity contribution in [1.29, 1.82) is 0 Å². The molecule has 1 rings (SSSR count). The smallest absolute Gasteiger partial charge is 0.221 e. The van der Waals surface area contributed by atoms with Gasteiger partial charge >= 0.3 is 0 Å². The van der Waals surface area contributed by atoms with Gasteiger partial charge in [0.25, 0.3) is 0 Å². The lowest BCUT2D eigenvalue weighted by Crippen LogP contribution is -2.48. The number of thioether (sulfide) groups is 1. The third kappa shape index (κ3) is 5.74. The Morgan fingerprint density at radius 3 is 2.88 bits per heavy atom. The first-order valence-corrected chi connectivity index (χ1v) is 8.86. The summed E-state index contributed by atoms with van der Waals surface area (Å²) in [5.74, 6) is 1.02. The lowest BCUT2D eigenvalue weighted by Gasteiger charge is -2.23. The highest BCUT2D eigenvalue weighted by atomic mass is 32.2. The topological polar surface area (TPSA) is 75.3 Å². The first-order valence-electron chi connectivity index (χ1n) is 5.65. The molecule has 1 fully saturated rings. The Balaban J connectivity index is 2.36. The van der Waals surface area contributed by atoms with Crippen LogP contribution in [0.1, 0.15) is 13.3 Å². The van der Waals surface area contributed by atoms with Gasteiger partial charge in [0.15, 0.2) is 9.84 Å². The third-order valence-electron chi connectivity index (χ3n) is 2.56. The predicted molar refractivity (Wildman–Crippen MR) is 71.0 cm³/mol. The highest BCUT2D eigenvalue weighted by Crippen LogP contribution is 2.05. The summed E-state index contributed by atoms with van der Waals surface area (Å²) in [7, 11) is -2.96. The molecule has 1 saturated heterocycles. The van der Waals surface area contributed by atoms with Gasteiger partial charge in [0.1, 0.15) is 0 Å². The Kier molecular flexibility index (Phi) is 5.75. The van der Waals surface area contributed by atoms with Crippen molar-refractivity contribution in [3.05, 3.63) is 0 Å². The molecule has 0 saturated carbocycles. The molecule has 7 heteroatoms. The van der Waals surface area contributed by atoms with Crippen molar-refractivity contribution < 1.29 is 13.2 Å². The Bertz CT molecular complexity index is 357. The van der Waals surface area contributed by atoms with Gasteiger partial charge < -0.3 is 10.6 Å². The molecule has 0 radical (unpaired) electrons. The van der Waals surface area contributed by atoms with E-state index in [-0.39, 0.29) is 35.9 Å². The van der Waals surface area contributed by atoms with Gasteiger partial charge in [-0.2, -0.15) is 11.8 Å². The van der Waals surface area contributed by atoms with Gasteiger partial charge in [-0.05, 0) is 13.2 Å². The van der Waals surface area contributed by atoms with E-state index in [2.05, 4.69) is 10.6 Å². The van der Waals surface area contributed by atoms with Crippen molar-refractivity contribution in [2.24, 2.45) is 0 Å². The Hall–Kier alpha value is -0.270. The molecule has 17 heavy (non-hydrogen) atoms. The van der Waals surface area contributed by atoms with Crippen molar-refractivity contribution in [2.45, 2.75) is 25.4 Å². The molecule has 0 aliphatic carbocycles. The van der Waals surface area contributed by atoms with Crippen LogP contribution in [-0.4, -0.2) is 56.5 Å². The van der Waals surface area contributed by atoms with Crippen LogP contribution in [0, 0.1) is 0 Å². The van der Waals surface area contributed by atoms with Crippen LogP contribution in [0.2, 0.25) is 0 Å². The summed E-state index contributed by atoms with van der Waals surface area (Å²) in [6, 6.07) is -0.118. The number of sulfone groups is 1. The molecular formula is C10H20N2O3S2. The van der Waals surface area contributed by atoms with Crippen LogP contribution >= 0.6 is 11.8 Å². The van der Waals surface area contributed by atoms with Gasteiger partial charge in [-0.15, -0.1) is 0 Å². The largest absolute Gasteiger partial charge is 0.353 e. The second-order valence-corrected chi connectivity index (χ2v) is 7.53. The standard InChI is InChI=1S/C10H20N2O3S2/c1-8(6-16-2)12-10(13)5-9-7-17(14,15)4-3-11-9/h8-9,11H,3-7H2,1-2H3,(H,12,13). The number of hydrogen-bond acceptors (Lipinski definition) is 5. The normalized spacial score (nSPS) is 25.2. The van der Waals surface area contributed by atoms with Crippen molar-refractivity contribution in [2.75, 3.05) is 30.1 Å². The van der Waals surface area contributed by atoms with E-state index in [0.29, 0.717) is 6.54 Å². The first kappa shape index (κ1) is 14.8. The maximum atomic E-state index is 11.7. The second kappa shape index (κ2) is 6.61. The van der Waals surface area contributed by atoms with Crippen LogP contribution < -0.4 is 10.6 Å². The molecule has 0 spiro atoms. The zero-order valence-corrected chi connectivity index (χ0v) is 11.9. The zero-order chi connectivity index (χ0) is 12.9. The fourth-order valence-electron chi connectivity index (χ4n) is 1.85. The SMILES string of the molecule is CSCC(C)NC(=O)CC1CS(=O)(=O)CCN1. The number of hydrogen-bond donors (Lipinski definition) is 2. The molecule has 2 atom stereocenters. The maximum Gasteiger partial charge on any atom is 0.221 e. The van der Waals surface area contributed by atoms with E-state index in [1.165, 1.54) is 0 Å². The number of carbonyl (C=O) groups excluding carboxylic acids is 1. The summed E-state index contributed by atoms with van der Waals surface area (Å²) in [6.45, 7) is 2.39. The highest BCUT2D eigenvalue weighted by molar-refractivity contribution is 7.98. The van der Waals surface area contributed by atoms with Gasteiger partial charge in [0.2, 0.25) is 5.91 Å². The minimum atomic E-state index is -2.96. The quantitative estimate of drug-likeness (QED) is 0.719. The minimum Gasteiger partial charge on any atom is -0.353 e. The minimum absolute atomic E-state index is 0.0668. The van der Waals surface area contributed by atoms with E-state index in [9.17, 15) is 13.2 Å². The van der Waals surface area contributed by atoms with Crippen LogP contribution in [0.25, 0.3) is 0 Å². The van der Waals surface area contributed by atoms with E-state index in [1.807, 2.05) is 13.2 Å². The average molecular weight is 280 g/mol. The molecule has 0 bridgehead atoms. The van der Waals surface area contributed by atoms with Gasteiger partial charge in [-0.3, -0.25) is 4.79 Å². The van der Waals surface area contributed by atoms with Crippen molar-refractivity contribution in [3.63, 3.8) is 0 Å². The zero-order valence-electron chi connectivity index (χ0n) is 10.2. The second-order valence-electron chi connectivity index (χ2n) is 4.39. The average Bonchev–Trinajstić information content (AvgIpc) is 2.15. The van der Waals surface area contributed by atoms with Gasteiger partial charge in [-0.25, -0.2) is 8.42 Å². The third-order valence-corrected chi connectivity index (χ3v) is 5.13. The van der Waals surface area contributed by atoms with Crippen molar-refractivity contribution >= 4 is 27.5 Å². The van der Waals surface area contributed by atoms with E-state index in [1.54, 1.807) is 11.8 Å². The molecule has 5 nitrogen and oxygen atoms in total. The molecule has 1 heterocycles. The summed E-state index contributed by atoms with van der Waals surface area (Å²) in [5.41, 5.74) is 0. The van der Waals surface area contributed by atoms with E-state index in [4.69, 9.17) is 0 Å². The number of nitrogens with one attached hydrogen (secondary N) is 2. The predicted octanol–water partition coefficient (Wildman–Crippen LogP) is -0.369. The van der Waals surface area contributed by atoms with Gasteiger partial charge in [0.05, 0.1) is 11.5 Å². The monoisotopic (exact) mass is 280 g/mol. The highest BCUT2D eigenvalue weighted by Gasteiger charge is 2.26. The Morgan fingerprint density at radius 1 is 1.59 bits per heavy atom. The first-order chi connectivity index (χ1) is 7.93.